The molecule has 0 spiro atoms. The predicted molar refractivity (Wildman–Crippen MR) is 222 cm³/mol. The topological polar surface area (TPSA) is 239 Å². The number of thiazole rings is 1. The van der Waals surface area contributed by atoms with E-state index in [1.54, 1.807) is 47.9 Å². The van der Waals surface area contributed by atoms with Crippen molar-refractivity contribution in [3.8, 4) is 0 Å². The van der Waals surface area contributed by atoms with Crippen LogP contribution in [0.5, 0.6) is 0 Å². The Morgan fingerprint density at radius 1 is 1.00 bits per heavy atom. The SMILES string of the molecule is CC[C@H]1OC(=O)[C@H](C)[C@@H](OC2C[C@@](C)(OC)[C@@H](O)[C@H](C)O2)C[C@@H](OC2O[C@H](C)C[C@H](N(C)CC(O)CNc3ncc(C)s3)[C@H]2O)[C@](C)(O)C[C@@H](C)C(=O)[C@H](C)[C@@H](O)[C@]1(C)O. The molecule has 3 aliphatic heterocycles. The van der Waals surface area contributed by atoms with Crippen LogP contribution in [-0.4, -0.2) is 170 Å². The van der Waals surface area contributed by atoms with Gasteiger partial charge in [0.1, 0.15) is 29.7 Å². The number of esters is 1. The average Bonchev–Trinajstić information content (AvgIpc) is 3.61. The highest BCUT2D eigenvalue weighted by atomic mass is 32.1. The van der Waals surface area contributed by atoms with Crippen molar-refractivity contribution in [2.45, 2.75) is 192 Å². The summed E-state index contributed by atoms with van der Waals surface area (Å²) in [5.74, 6) is -4.29. The molecule has 4 heterocycles. The normalized spacial score (nSPS) is 43.3. The van der Waals surface area contributed by atoms with Crippen LogP contribution in [0.2, 0.25) is 0 Å². The maximum absolute atomic E-state index is 14.1. The predicted octanol–water partition coefficient (Wildman–Crippen LogP) is 2.15. The van der Waals surface area contributed by atoms with Gasteiger partial charge in [-0.2, -0.15) is 0 Å². The minimum absolute atomic E-state index is 0.0674. The molecule has 1 aromatic heterocycles. The number of cyclic esters (lactones) is 1. The molecule has 7 N–H and O–H groups in total. The van der Waals surface area contributed by atoms with E-state index in [1.807, 2.05) is 18.7 Å². The lowest BCUT2D eigenvalue weighted by Crippen LogP contribution is -2.60. The fraction of sp³-hybridized carbons (Fsp3) is 0.881. The number of aryl methyl sites for hydroxylation is 1. The van der Waals surface area contributed by atoms with Gasteiger partial charge in [-0.15, -0.1) is 11.3 Å². The van der Waals surface area contributed by atoms with E-state index in [1.165, 1.54) is 39.2 Å². The minimum Gasteiger partial charge on any atom is -0.459 e. The number of carbonyl (C=O) groups is 2. The number of ketones is 1. The number of aliphatic hydroxyl groups excluding tert-OH is 4. The summed E-state index contributed by atoms with van der Waals surface area (Å²) in [7, 11) is 3.26. The van der Waals surface area contributed by atoms with E-state index < -0.39 is 120 Å². The first-order valence-corrected chi connectivity index (χ1v) is 22.1. The number of hydrogen-bond donors (Lipinski definition) is 7. The number of aliphatic hydroxyl groups is 6. The third kappa shape index (κ3) is 12.0. The molecule has 3 saturated heterocycles. The first kappa shape index (κ1) is 50.7. The lowest BCUT2D eigenvalue weighted by Gasteiger charge is -2.47. The molecule has 0 aromatic carbocycles. The van der Waals surface area contributed by atoms with E-state index in [9.17, 15) is 40.2 Å². The molecule has 0 radical (unpaired) electrons. The number of Topliss-reactive ketones (excluding diaryl/α,β-unsaturated/α-hetero) is 1. The molecule has 3 aliphatic rings. The van der Waals surface area contributed by atoms with Gasteiger partial charge >= 0.3 is 5.97 Å². The highest BCUT2D eigenvalue weighted by Crippen LogP contribution is 2.39. The number of carbonyl (C=O) groups excluding carboxylic acids is 2. The summed E-state index contributed by atoms with van der Waals surface area (Å²) in [5.41, 5.74) is -4.94. The Hall–Kier alpha value is -1.91. The summed E-state index contributed by atoms with van der Waals surface area (Å²) < 4.78 is 37.1. The zero-order chi connectivity index (χ0) is 45.1. The van der Waals surface area contributed by atoms with Crippen molar-refractivity contribution >= 4 is 28.2 Å². The Labute approximate surface area is 359 Å². The number of nitrogens with zero attached hydrogens (tertiary/aromatic N) is 2. The van der Waals surface area contributed by atoms with Crippen molar-refractivity contribution in [3.63, 3.8) is 0 Å². The van der Waals surface area contributed by atoms with Crippen molar-refractivity contribution in [3.05, 3.63) is 11.1 Å². The van der Waals surface area contributed by atoms with Gasteiger partial charge in [-0.05, 0) is 74.8 Å². The Morgan fingerprint density at radius 2 is 1.67 bits per heavy atom. The molecule has 18 heteroatoms. The van der Waals surface area contributed by atoms with Gasteiger partial charge in [-0.25, -0.2) is 4.98 Å². The molecule has 18 atom stereocenters. The summed E-state index contributed by atoms with van der Waals surface area (Å²) in [4.78, 5) is 35.2. The molecule has 17 nitrogen and oxygen atoms in total. The van der Waals surface area contributed by atoms with Gasteiger partial charge in [0.15, 0.2) is 17.7 Å². The first-order valence-electron chi connectivity index (χ1n) is 21.3. The fourth-order valence-corrected chi connectivity index (χ4v) is 9.59. The summed E-state index contributed by atoms with van der Waals surface area (Å²) in [5, 5.41) is 73.1. The second-order valence-electron chi connectivity index (χ2n) is 18.3. The number of aromatic nitrogens is 1. The maximum atomic E-state index is 14.1. The number of likely N-dealkylation sites (N-methyl/N-ethyl adjacent to an activating group) is 1. The van der Waals surface area contributed by atoms with Crippen LogP contribution in [0.15, 0.2) is 6.20 Å². The number of nitrogens with one attached hydrogen (secondary N) is 1. The van der Waals surface area contributed by atoms with Crippen LogP contribution >= 0.6 is 11.3 Å². The lowest BCUT2D eigenvalue weighted by molar-refractivity contribution is -0.308. The summed E-state index contributed by atoms with van der Waals surface area (Å²) in [6.07, 6.45) is -9.83. The third-order valence-electron chi connectivity index (χ3n) is 13.0. The third-order valence-corrected chi connectivity index (χ3v) is 13.8. The molecule has 0 saturated carbocycles. The van der Waals surface area contributed by atoms with Gasteiger partial charge in [0.25, 0.3) is 0 Å². The largest absolute Gasteiger partial charge is 0.459 e. The average molecular weight is 876 g/mol. The zero-order valence-corrected chi connectivity index (χ0v) is 38.3. The van der Waals surface area contributed by atoms with Crippen molar-refractivity contribution < 1.29 is 68.6 Å². The van der Waals surface area contributed by atoms with Crippen LogP contribution in [0.4, 0.5) is 5.13 Å². The van der Waals surface area contributed by atoms with Gasteiger partial charge in [-0.3, -0.25) is 14.5 Å². The standard InChI is InChI=1S/C42H73N3O14S/c1-13-30-42(10,53)35(49)25(6)33(47)21(2)16-40(8,52)31(15-29(24(5)37(51)58-30)57-32-17-41(9,54-12)36(50)26(7)56-32)59-38-34(48)28(14-22(3)55-38)45(11)20-27(46)19-44-39-43-18-23(4)60-39/h18,21-22,24-32,34-36,38,46,48-50,52-53H,13-17,19-20H2,1-12H3,(H,43,44)/t21-,22-,24-,25+,26+,27?,28+,29+,30-,31-,32?,34-,35-,36+,38?,40-,41-,42-/m1/s1. The van der Waals surface area contributed by atoms with Gasteiger partial charge in [0.2, 0.25) is 0 Å². The molecule has 0 amide bonds. The number of anilines is 1. The van der Waals surface area contributed by atoms with Gasteiger partial charge in [0, 0.05) is 62.0 Å². The number of ether oxygens (including phenoxy) is 6. The Kier molecular flexibility index (Phi) is 17.5. The van der Waals surface area contributed by atoms with Crippen LogP contribution in [0.3, 0.4) is 0 Å². The van der Waals surface area contributed by atoms with Crippen molar-refractivity contribution in [1.82, 2.24) is 9.88 Å². The molecule has 3 fully saturated rings. The molecule has 0 bridgehead atoms. The monoisotopic (exact) mass is 875 g/mol. The van der Waals surface area contributed by atoms with Crippen LogP contribution in [-0.2, 0) is 38.0 Å². The first-order chi connectivity index (χ1) is 27.8. The summed E-state index contributed by atoms with van der Waals surface area (Å²) >= 11 is 1.48. The molecule has 346 valence electrons. The molecule has 1 aromatic rings. The highest BCUT2D eigenvalue weighted by Gasteiger charge is 2.51. The molecular formula is C42H73N3O14S. The Balaban J connectivity index is 1.69. The van der Waals surface area contributed by atoms with Gasteiger partial charge in [0.05, 0.1) is 53.7 Å². The number of hydrogen-bond acceptors (Lipinski definition) is 18. The summed E-state index contributed by atoms with van der Waals surface area (Å²) in [6.45, 7) is 16.8. The van der Waals surface area contributed by atoms with E-state index in [-0.39, 0.29) is 38.8 Å². The molecule has 4 rings (SSSR count). The molecule has 60 heavy (non-hydrogen) atoms. The van der Waals surface area contributed by atoms with E-state index in [0.717, 1.165) is 4.88 Å². The van der Waals surface area contributed by atoms with Crippen LogP contribution in [0, 0.1) is 24.7 Å². The maximum Gasteiger partial charge on any atom is 0.311 e. The number of rotatable bonds is 12. The van der Waals surface area contributed by atoms with Crippen LogP contribution in [0.1, 0.15) is 99.3 Å². The van der Waals surface area contributed by atoms with E-state index >= 15 is 0 Å². The van der Waals surface area contributed by atoms with Gasteiger partial charge < -0.3 is 64.4 Å². The van der Waals surface area contributed by atoms with Crippen molar-refractivity contribution in [1.29, 1.82) is 0 Å². The van der Waals surface area contributed by atoms with Crippen LogP contribution in [0.25, 0.3) is 0 Å². The minimum atomic E-state index is -2.02. The van der Waals surface area contributed by atoms with Crippen molar-refractivity contribution in [2.24, 2.45) is 17.8 Å². The second-order valence-corrected chi connectivity index (χ2v) is 19.5. The van der Waals surface area contributed by atoms with Gasteiger partial charge in [-0.1, -0.05) is 20.8 Å². The summed E-state index contributed by atoms with van der Waals surface area (Å²) in [6, 6.07) is -0.545. The van der Waals surface area contributed by atoms with E-state index in [0.29, 0.717) is 11.6 Å². The van der Waals surface area contributed by atoms with Crippen LogP contribution < -0.4 is 5.32 Å². The fourth-order valence-electron chi connectivity index (χ4n) is 8.92. The Morgan fingerprint density at radius 3 is 2.27 bits per heavy atom. The smallest absolute Gasteiger partial charge is 0.311 e. The number of methoxy groups -OCH3 is 1. The van der Waals surface area contributed by atoms with Crippen molar-refractivity contribution in [2.75, 3.05) is 32.6 Å². The Bertz CT molecular complexity index is 1550. The van der Waals surface area contributed by atoms with E-state index in [2.05, 4.69) is 10.3 Å². The van der Waals surface area contributed by atoms with E-state index in [4.69, 9.17) is 28.4 Å². The molecule has 0 aliphatic carbocycles. The lowest BCUT2D eigenvalue weighted by atomic mass is 9.76. The zero-order valence-electron chi connectivity index (χ0n) is 37.4. The molecule has 3 unspecified atom stereocenters. The molecular weight excluding hydrogens is 803 g/mol. The second kappa shape index (κ2) is 20.7. The highest BCUT2D eigenvalue weighted by molar-refractivity contribution is 7.15. The quantitative estimate of drug-likeness (QED) is 0.149.